The Morgan fingerprint density at radius 2 is 1.89 bits per heavy atom. The number of hydrogen-bond donors (Lipinski definition) is 0. The summed E-state index contributed by atoms with van der Waals surface area (Å²) < 4.78 is 28.3. The number of likely N-dealkylation sites (tertiary alicyclic amines) is 1. The van der Waals surface area contributed by atoms with E-state index < -0.39 is 6.43 Å². The lowest BCUT2D eigenvalue weighted by Crippen LogP contribution is -2.38. The third kappa shape index (κ3) is 3.73. The topological polar surface area (TPSA) is 59.2 Å². The van der Waals surface area contributed by atoms with Crippen LogP contribution in [0.5, 0.6) is 0 Å². The van der Waals surface area contributed by atoms with Crippen LogP contribution in [0.4, 0.5) is 8.78 Å². The number of aryl methyl sites for hydroxylation is 2. The summed E-state index contributed by atoms with van der Waals surface area (Å²) in [6.45, 7) is 8.76. The third-order valence-electron chi connectivity index (χ3n) is 5.49. The first-order valence-electron chi connectivity index (χ1n) is 9.56. The van der Waals surface area contributed by atoms with Crippen molar-refractivity contribution in [1.82, 2.24) is 29.5 Å². The van der Waals surface area contributed by atoms with E-state index in [1.165, 1.54) is 18.0 Å². The molecule has 28 heavy (non-hydrogen) atoms. The van der Waals surface area contributed by atoms with Crippen molar-refractivity contribution in [2.24, 2.45) is 5.92 Å². The zero-order chi connectivity index (χ0) is 19.8. The first-order valence-corrected chi connectivity index (χ1v) is 9.56. The van der Waals surface area contributed by atoms with Gasteiger partial charge in [-0.05, 0) is 56.5 Å². The quantitative estimate of drug-likeness (QED) is 0.684. The molecule has 0 unspecified atom stereocenters. The molecule has 148 valence electrons. The summed E-state index contributed by atoms with van der Waals surface area (Å²) in [5.41, 5.74) is 3.78. The highest BCUT2D eigenvalue weighted by Crippen LogP contribution is 2.34. The molecule has 0 amide bonds. The Hall–Kier alpha value is -2.48. The van der Waals surface area contributed by atoms with Gasteiger partial charge >= 0.3 is 0 Å². The van der Waals surface area contributed by atoms with Crippen molar-refractivity contribution < 1.29 is 8.78 Å². The maximum Gasteiger partial charge on any atom is 0.280 e. The van der Waals surface area contributed by atoms with Crippen LogP contribution < -0.4 is 0 Å². The Balaban J connectivity index is 1.64. The Morgan fingerprint density at radius 3 is 2.61 bits per heavy atom. The van der Waals surface area contributed by atoms with E-state index in [-0.39, 0.29) is 17.4 Å². The van der Waals surface area contributed by atoms with Crippen molar-refractivity contribution in [2.45, 2.75) is 46.1 Å². The number of rotatable bonds is 4. The lowest BCUT2D eigenvalue weighted by atomic mass is 9.84. The molecule has 3 aromatic rings. The van der Waals surface area contributed by atoms with Crippen molar-refractivity contribution in [3.63, 3.8) is 0 Å². The van der Waals surface area contributed by atoms with Gasteiger partial charge < -0.3 is 0 Å². The monoisotopic (exact) mass is 386 g/mol. The van der Waals surface area contributed by atoms with Gasteiger partial charge in [-0.25, -0.2) is 18.3 Å². The second kappa shape index (κ2) is 7.50. The Morgan fingerprint density at radius 1 is 1.14 bits per heavy atom. The number of alkyl halides is 2. The average molecular weight is 386 g/mol. The minimum Gasteiger partial charge on any atom is -0.298 e. The number of piperidine rings is 1. The van der Waals surface area contributed by atoms with Crippen molar-refractivity contribution in [3.05, 3.63) is 52.9 Å². The summed E-state index contributed by atoms with van der Waals surface area (Å²) in [5, 5.41) is 4.23. The van der Waals surface area contributed by atoms with E-state index in [2.05, 4.69) is 44.0 Å². The lowest BCUT2D eigenvalue weighted by Gasteiger charge is -2.37. The molecule has 6 nitrogen and oxygen atoms in total. The molecule has 0 radical (unpaired) electrons. The number of fused-ring (bicyclic) bond motifs is 1. The fourth-order valence-electron chi connectivity index (χ4n) is 4.17. The van der Waals surface area contributed by atoms with E-state index >= 15 is 0 Å². The van der Waals surface area contributed by atoms with Crippen LogP contribution in [0.15, 0.2) is 24.5 Å². The summed E-state index contributed by atoms with van der Waals surface area (Å²) in [5.74, 6) is 0.678. The van der Waals surface area contributed by atoms with Crippen LogP contribution in [-0.2, 0) is 6.54 Å². The van der Waals surface area contributed by atoms with Gasteiger partial charge in [0.2, 0.25) is 0 Å². The summed E-state index contributed by atoms with van der Waals surface area (Å²) in [4.78, 5) is 14.8. The summed E-state index contributed by atoms with van der Waals surface area (Å²) in [6, 6.07) is 5.71. The zero-order valence-electron chi connectivity index (χ0n) is 16.3. The van der Waals surface area contributed by atoms with Gasteiger partial charge in [0, 0.05) is 30.4 Å². The minimum absolute atomic E-state index is 0.0856. The maximum atomic E-state index is 13.3. The fourth-order valence-corrected chi connectivity index (χ4v) is 4.17. The zero-order valence-corrected chi connectivity index (χ0v) is 16.3. The molecule has 1 aliphatic heterocycles. The molecule has 3 aromatic heterocycles. The van der Waals surface area contributed by atoms with Gasteiger partial charge in [-0.15, -0.1) is 0 Å². The number of hydrogen-bond acceptors (Lipinski definition) is 5. The Kier molecular flexibility index (Phi) is 5.05. The molecule has 1 fully saturated rings. The molecule has 1 saturated heterocycles. The van der Waals surface area contributed by atoms with E-state index in [1.807, 2.05) is 13.8 Å². The molecule has 1 aliphatic rings. The van der Waals surface area contributed by atoms with Crippen LogP contribution in [0.1, 0.15) is 54.0 Å². The van der Waals surface area contributed by atoms with Gasteiger partial charge in [0.05, 0.1) is 5.69 Å². The number of aromatic nitrogens is 5. The first kappa shape index (κ1) is 18.9. The highest BCUT2D eigenvalue weighted by atomic mass is 19.3. The number of halogens is 2. The Labute approximate surface area is 162 Å². The Bertz CT molecular complexity index is 966. The van der Waals surface area contributed by atoms with Crippen molar-refractivity contribution in [3.8, 4) is 0 Å². The van der Waals surface area contributed by atoms with E-state index in [0.29, 0.717) is 5.92 Å². The van der Waals surface area contributed by atoms with Crippen LogP contribution >= 0.6 is 0 Å². The second-order valence-electron chi connectivity index (χ2n) is 7.74. The molecule has 2 atom stereocenters. The molecule has 4 heterocycles. The van der Waals surface area contributed by atoms with E-state index in [0.717, 1.165) is 43.1 Å². The standard InChI is InChI=1S/C20H24F2N6/c1-12-4-5-27(9-15-6-13(2)25-14(3)7-15)10-16(12)18-8-17(19(21)22)26-20-23-11-24-28(18)20/h6-8,11-12,16,19H,4-5,9-10H2,1-3H3/t12-,16-/m1/s1. The van der Waals surface area contributed by atoms with Gasteiger partial charge in [-0.1, -0.05) is 6.92 Å². The van der Waals surface area contributed by atoms with Crippen molar-refractivity contribution in [1.29, 1.82) is 0 Å². The van der Waals surface area contributed by atoms with Gasteiger partial charge in [-0.2, -0.15) is 10.1 Å². The highest BCUT2D eigenvalue weighted by molar-refractivity contribution is 5.33. The summed E-state index contributed by atoms with van der Waals surface area (Å²) >= 11 is 0. The predicted molar refractivity (Wildman–Crippen MR) is 101 cm³/mol. The fraction of sp³-hybridized carbons (Fsp3) is 0.500. The second-order valence-corrected chi connectivity index (χ2v) is 7.74. The molecule has 0 spiro atoms. The van der Waals surface area contributed by atoms with Gasteiger partial charge in [-0.3, -0.25) is 9.88 Å². The molecule has 0 saturated carbocycles. The van der Waals surface area contributed by atoms with Gasteiger partial charge in [0.15, 0.2) is 0 Å². The van der Waals surface area contributed by atoms with Crippen LogP contribution in [0.25, 0.3) is 5.78 Å². The SMILES string of the molecule is Cc1cc(CN2CC[C@@H](C)[C@H](c3cc(C(F)F)nc4ncnn34)C2)cc(C)n1. The highest BCUT2D eigenvalue weighted by Gasteiger charge is 2.31. The van der Waals surface area contributed by atoms with Crippen molar-refractivity contribution in [2.75, 3.05) is 13.1 Å². The maximum absolute atomic E-state index is 13.3. The van der Waals surface area contributed by atoms with Crippen LogP contribution in [0.3, 0.4) is 0 Å². The number of pyridine rings is 1. The van der Waals surface area contributed by atoms with Crippen LogP contribution in [-0.4, -0.2) is 42.6 Å². The van der Waals surface area contributed by atoms with Gasteiger partial charge in [0.1, 0.15) is 12.0 Å². The van der Waals surface area contributed by atoms with Crippen LogP contribution in [0, 0.1) is 19.8 Å². The molecule has 0 bridgehead atoms. The smallest absolute Gasteiger partial charge is 0.280 e. The third-order valence-corrected chi connectivity index (χ3v) is 5.49. The minimum atomic E-state index is -2.63. The van der Waals surface area contributed by atoms with E-state index in [9.17, 15) is 8.78 Å². The summed E-state index contributed by atoms with van der Waals surface area (Å²) in [7, 11) is 0. The first-order chi connectivity index (χ1) is 13.4. The molecule has 0 N–H and O–H groups in total. The molecule has 0 aromatic carbocycles. The average Bonchev–Trinajstić information content (AvgIpc) is 3.10. The largest absolute Gasteiger partial charge is 0.298 e. The van der Waals surface area contributed by atoms with Gasteiger partial charge in [0.25, 0.3) is 12.2 Å². The number of nitrogens with zero attached hydrogens (tertiary/aromatic N) is 6. The molecule has 8 heteroatoms. The normalized spacial score (nSPS) is 20.9. The van der Waals surface area contributed by atoms with E-state index in [4.69, 9.17) is 0 Å². The van der Waals surface area contributed by atoms with E-state index in [1.54, 1.807) is 4.52 Å². The van der Waals surface area contributed by atoms with Crippen LogP contribution in [0.2, 0.25) is 0 Å². The molecule has 4 rings (SSSR count). The lowest BCUT2D eigenvalue weighted by molar-refractivity contribution is 0.143. The summed E-state index contributed by atoms with van der Waals surface area (Å²) in [6.07, 6.45) is -0.260. The predicted octanol–water partition coefficient (Wildman–Crippen LogP) is 3.70. The molecule has 0 aliphatic carbocycles. The molecular formula is C20H24F2N6. The molecular weight excluding hydrogens is 362 g/mol. The van der Waals surface area contributed by atoms with Crippen molar-refractivity contribution >= 4 is 5.78 Å².